The third-order valence-corrected chi connectivity index (χ3v) is 3.57. The molecule has 1 aromatic carbocycles. The van der Waals surface area contributed by atoms with E-state index in [2.05, 4.69) is 41.9 Å². The standard InChI is InChI=1S/C14H17NOS/c1-3-15-10-12-9-11(6-7-13(12)16-2)14-5-4-8-17-14/h4-9,15H,3,10H2,1-2H3. The first-order valence-electron chi connectivity index (χ1n) is 5.76. The van der Waals surface area contributed by atoms with Crippen LogP contribution in [0.4, 0.5) is 0 Å². The van der Waals surface area contributed by atoms with E-state index in [4.69, 9.17) is 4.74 Å². The fraction of sp³-hybridized carbons (Fsp3) is 0.286. The Labute approximate surface area is 106 Å². The van der Waals surface area contributed by atoms with Gasteiger partial charge in [0, 0.05) is 17.0 Å². The average Bonchev–Trinajstić information content (AvgIpc) is 2.89. The molecule has 0 atom stereocenters. The fourth-order valence-corrected chi connectivity index (χ4v) is 2.50. The normalized spacial score (nSPS) is 10.5. The Hall–Kier alpha value is -1.32. The highest BCUT2D eigenvalue weighted by Crippen LogP contribution is 2.29. The van der Waals surface area contributed by atoms with E-state index in [1.807, 2.05) is 6.07 Å². The van der Waals surface area contributed by atoms with Crippen LogP contribution < -0.4 is 10.1 Å². The van der Waals surface area contributed by atoms with Gasteiger partial charge >= 0.3 is 0 Å². The molecule has 0 radical (unpaired) electrons. The van der Waals surface area contributed by atoms with Gasteiger partial charge in [-0.05, 0) is 41.8 Å². The van der Waals surface area contributed by atoms with Gasteiger partial charge < -0.3 is 10.1 Å². The molecule has 0 aliphatic carbocycles. The molecule has 0 fully saturated rings. The van der Waals surface area contributed by atoms with Crippen LogP contribution in [0.5, 0.6) is 5.75 Å². The Morgan fingerprint density at radius 2 is 2.18 bits per heavy atom. The molecule has 0 amide bonds. The predicted molar refractivity (Wildman–Crippen MR) is 73.7 cm³/mol. The molecule has 0 unspecified atom stereocenters. The van der Waals surface area contributed by atoms with Gasteiger partial charge in [-0.2, -0.15) is 0 Å². The summed E-state index contributed by atoms with van der Waals surface area (Å²) in [5, 5.41) is 5.44. The second kappa shape index (κ2) is 5.84. The van der Waals surface area contributed by atoms with Crippen molar-refractivity contribution in [3.63, 3.8) is 0 Å². The van der Waals surface area contributed by atoms with E-state index in [9.17, 15) is 0 Å². The lowest BCUT2D eigenvalue weighted by atomic mass is 10.1. The smallest absolute Gasteiger partial charge is 0.123 e. The molecule has 2 aromatic rings. The number of rotatable bonds is 5. The van der Waals surface area contributed by atoms with Crippen LogP contribution in [0.3, 0.4) is 0 Å². The van der Waals surface area contributed by atoms with Gasteiger partial charge in [-0.15, -0.1) is 11.3 Å². The van der Waals surface area contributed by atoms with Crippen LogP contribution in [0.15, 0.2) is 35.7 Å². The molecule has 0 saturated carbocycles. The second-order valence-corrected chi connectivity index (χ2v) is 4.73. The maximum Gasteiger partial charge on any atom is 0.123 e. The third-order valence-electron chi connectivity index (χ3n) is 2.65. The van der Waals surface area contributed by atoms with Gasteiger partial charge in [0.2, 0.25) is 0 Å². The minimum absolute atomic E-state index is 0.846. The van der Waals surface area contributed by atoms with Crippen molar-refractivity contribution in [3.8, 4) is 16.2 Å². The van der Waals surface area contributed by atoms with Gasteiger partial charge in [0.05, 0.1) is 7.11 Å². The van der Waals surface area contributed by atoms with E-state index in [-0.39, 0.29) is 0 Å². The van der Waals surface area contributed by atoms with Gasteiger partial charge in [0.25, 0.3) is 0 Å². The van der Waals surface area contributed by atoms with E-state index in [1.165, 1.54) is 16.0 Å². The van der Waals surface area contributed by atoms with Crippen LogP contribution in [-0.4, -0.2) is 13.7 Å². The average molecular weight is 247 g/mol. The van der Waals surface area contributed by atoms with E-state index in [0.29, 0.717) is 0 Å². The van der Waals surface area contributed by atoms with Crippen molar-refractivity contribution >= 4 is 11.3 Å². The van der Waals surface area contributed by atoms with Crippen LogP contribution in [0.25, 0.3) is 10.4 Å². The SMILES string of the molecule is CCNCc1cc(-c2cccs2)ccc1OC. The number of thiophene rings is 1. The summed E-state index contributed by atoms with van der Waals surface area (Å²) in [6, 6.07) is 10.6. The highest BCUT2D eigenvalue weighted by Gasteiger charge is 2.05. The predicted octanol–water partition coefficient (Wildman–Crippen LogP) is 3.53. The molecule has 0 aliphatic heterocycles. The van der Waals surface area contributed by atoms with Crippen molar-refractivity contribution in [2.45, 2.75) is 13.5 Å². The maximum absolute atomic E-state index is 5.38. The Morgan fingerprint density at radius 3 is 2.82 bits per heavy atom. The molecule has 2 rings (SSSR count). The second-order valence-electron chi connectivity index (χ2n) is 3.78. The van der Waals surface area contributed by atoms with Crippen LogP contribution in [0.2, 0.25) is 0 Å². The van der Waals surface area contributed by atoms with Crippen molar-refractivity contribution in [2.75, 3.05) is 13.7 Å². The monoisotopic (exact) mass is 247 g/mol. The lowest BCUT2D eigenvalue weighted by Gasteiger charge is -2.10. The molecular formula is C14H17NOS. The summed E-state index contributed by atoms with van der Waals surface area (Å²) >= 11 is 1.76. The topological polar surface area (TPSA) is 21.3 Å². The molecule has 0 bridgehead atoms. The van der Waals surface area contributed by atoms with Crippen molar-refractivity contribution in [2.24, 2.45) is 0 Å². The largest absolute Gasteiger partial charge is 0.496 e. The summed E-state index contributed by atoms with van der Waals surface area (Å²) in [5.74, 6) is 0.950. The summed E-state index contributed by atoms with van der Waals surface area (Å²) in [6.07, 6.45) is 0. The van der Waals surface area contributed by atoms with Gasteiger partial charge in [-0.1, -0.05) is 13.0 Å². The number of nitrogens with one attached hydrogen (secondary N) is 1. The van der Waals surface area contributed by atoms with Crippen LogP contribution in [0.1, 0.15) is 12.5 Å². The highest BCUT2D eigenvalue weighted by molar-refractivity contribution is 7.13. The summed E-state index contributed by atoms with van der Waals surface area (Å²) < 4.78 is 5.38. The third kappa shape index (κ3) is 2.87. The van der Waals surface area contributed by atoms with E-state index < -0.39 is 0 Å². The fourth-order valence-electron chi connectivity index (χ4n) is 1.77. The lowest BCUT2D eigenvalue weighted by molar-refractivity contribution is 0.408. The Balaban J connectivity index is 2.31. The zero-order chi connectivity index (χ0) is 12.1. The number of hydrogen-bond donors (Lipinski definition) is 1. The molecule has 17 heavy (non-hydrogen) atoms. The first-order valence-corrected chi connectivity index (χ1v) is 6.64. The molecule has 2 nitrogen and oxygen atoms in total. The van der Waals surface area contributed by atoms with E-state index in [0.717, 1.165) is 18.8 Å². The Bertz CT molecular complexity index is 465. The molecule has 0 spiro atoms. The first-order chi connectivity index (χ1) is 8.35. The zero-order valence-electron chi connectivity index (χ0n) is 10.2. The van der Waals surface area contributed by atoms with Gasteiger partial charge in [0.1, 0.15) is 5.75 Å². The molecule has 0 aliphatic rings. The van der Waals surface area contributed by atoms with Crippen LogP contribution in [0, 0.1) is 0 Å². The molecular weight excluding hydrogens is 230 g/mol. The molecule has 0 saturated heterocycles. The van der Waals surface area contributed by atoms with Gasteiger partial charge in [-0.3, -0.25) is 0 Å². The Kier molecular flexibility index (Phi) is 4.18. The molecule has 1 N–H and O–H groups in total. The number of benzene rings is 1. The number of ether oxygens (including phenoxy) is 1. The molecule has 1 aromatic heterocycles. The highest BCUT2D eigenvalue weighted by atomic mass is 32.1. The van der Waals surface area contributed by atoms with Crippen molar-refractivity contribution < 1.29 is 4.74 Å². The van der Waals surface area contributed by atoms with Crippen molar-refractivity contribution in [1.82, 2.24) is 5.32 Å². The maximum atomic E-state index is 5.38. The molecule has 3 heteroatoms. The minimum atomic E-state index is 0.846. The summed E-state index contributed by atoms with van der Waals surface area (Å²) in [6.45, 7) is 3.92. The van der Waals surface area contributed by atoms with Gasteiger partial charge in [0.15, 0.2) is 0 Å². The Morgan fingerprint density at radius 1 is 1.29 bits per heavy atom. The quantitative estimate of drug-likeness (QED) is 0.872. The number of methoxy groups -OCH3 is 1. The lowest BCUT2D eigenvalue weighted by Crippen LogP contribution is -2.12. The zero-order valence-corrected chi connectivity index (χ0v) is 11.0. The van der Waals surface area contributed by atoms with E-state index in [1.54, 1.807) is 18.4 Å². The van der Waals surface area contributed by atoms with Crippen molar-refractivity contribution in [3.05, 3.63) is 41.3 Å². The summed E-state index contributed by atoms with van der Waals surface area (Å²) in [4.78, 5) is 1.30. The van der Waals surface area contributed by atoms with E-state index >= 15 is 0 Å². The molecule has 1 heterocycles. The minimum Gasteiger partial charge on any atom is -0.496 e. The summed E-state index contributed by atoms with van der Waals surface area (Å²) in [7, 11) is 1.72. The van der Waals surface area contributed by atoms with Gasteiger partial charge in [-0.25, -0.2) is 0 Å². The molecule has 90 valence electrons. The van der Waals surface area contributed by atoms with Crippen LogP contribution in [-0.2, 0) is 6.54 Å². The van der Waals surface area contributed by atoms with Crippen molar-refractivity contribution in [1.29, 1.82) is 0 Å². The summed E-state index contributed by atoms with van der Waals surface area (Å²) in [5.41, 5.74) is 2.47. The van der Waals surface area contributed by atoms with Crippen LogP contribution >= 0.6 is 11.3 Å². The number of hydrogen-bond acceptors (Lipinski definition) is 3. The first kappa shape index (κ1) is 12.1.